The van der Waals surface area contributed by atoms with E-state index in [4.69, 9.17) is 0 Å². The van der Waals surface area contributed by atoms with Gasteiger partial charge in [0.05, 0.1) is 14.7 Å². The first-order valence-electron chi connectivity index (χ1n) is 1.29. The van der Waals surface area contributed by atoms with Gasteiger partial charge in [-0.25, -0.2) is 4.75 Å². The molecule has 0 aliphatic rings. The smallest absolute Gasteiger partial charge is 0.0972 e. The minimum Gasteiger partial charge on any atom is -0.347 e. The molecule has 1 aromatic heterocycles. The first kappa shape index (κ1) is 2.86. The van der Waals surface area contributed by atoms with E-state index in [0.717, 1.165) is 8.35 Å². The molecule has 0 saturated carbocycles. The normalized spacial score (nSPS) is 9.60. The molecule has 26 valence electrons. The van der Waals surface area contributed by atoms with Gasteiger partial charge in [-0.15, -0.1) is 0 Å². The molecule has 0 atom stereocenters. The van der Waals surface area contributed by atoms with Crippen molar-refractivity contribution in [3.05, 3.63) is 12.3 Å². The van der Waals surface area contributed by atoms with E-state index in [-0.39, 0.29) is 0 Å². The number of nitrogens with one attached hydrogen (secondary N) is 1. The molecule has 1 rings (SSSR count). The fourth-order valence-electron chi connectivity index (χ4n) is 0.167. The third-order valence-electron chi connectivity index (χ3n) is 0.331. The van der Waals surface area contributed by atoms with Crippen LogP contribution >= 0.6 is 8.35 Å². The predicted octanol–water partition coefficient (Wildman–Crippen LogP) is 0.990. The second-order valence-electron chi connectivity index (χ2n) is 0.656. The van der Waals surface area contributed by atoms with Crippen molar-refractivity contribution in [3.8, 4) is 0 Å². The molecule has 1 N–H and O–H groups in total. The van der Waals surface area contributed by atoms with Crippen LogP contribution in [0.1, 0.15) is 0 Å². The van der Waals surface area contributed by atoms with Gasteiger partial charge in [0.1, 0.15) is 0 Å². The molecule has 1 heterocycles. The van der Waals surface area contributed by atoms with Crippen LogP contribution in [0.25, 0.3) is 0 Å². The standard InChI is InChI=1S/C2H3N2P/c1-3-2-5-4-1/h1-2H,(H,3,4). The molecular formula is C2H3N2P. The van der Waals surface area contributed by atoms with Crippen molar-refractivity contribution < 1.29 is 0 Å². The highest BCUT2D eigenvalue weighted by molar-refractivity contribution is 7.24. The molecule has 0 aromatic carbocycles. The van der Waals surface area contributed by atoms with E-state index in [2.05, 4.69) is 9.73 Å². The van der Waals surface area contributed by atoms with Gasteiger partial charge in [0, 0.05) is 5.93 Å². The molecular weight excluding hydrogens is 83.0 g/mol. The Labute approximate surface area is 31.4 Å². The Kier molecular flexibility index (Phi) is 0.673. The van der Waals surface area contributed by atoms with Gasteiger partial charge < -0.3 is 4.98 Å². The maximum atomic E-state index is 3.76. The van der Waals surface area contributed by atoms with Crippen LogP contribution in [0.4, 0.5) is 0 Å². The summed E-state index contributed by atoms with van der Waals surface area (Å²) in [7, 11) is 1.02. The number of aromatic nitrogens is 2. The summed E-state index contributed by atoms with van der Waals surface area (Å²) in [5.41, 5.74) is 0. The largest absolute Gasteiger partial charge is 0.347 e. The van der Waals surface area contributed by atoms with Crippen LogP contribution in [0, 0.1) is 0 Å². The molecule has 0 unspecified atom stereocenters. The van der Waals surface area contributed by atoms with Gasteiger partial charge >= 0.3 is 0 Å². The lowest BCUT2D eigenvalue weighted by Crippen LogP contribution is -1.43. The predicted molar refractivity (Wildman–Crippen MR) is 21.1 cm³/mol. The molecule has 5 heavy (non-hydrogen) atoms. The monoisotopic (exact) mass is 86.0 g/mol. The van der Waals surface area contributed by atoms with E-state index in [9.17, 15) is 0 Å². The Morgan fingerprint density at radius 3 is 3.00 bits per heavy atom. The summed E-state index contributed by atoms with van der Waals surface area (Å²) < 4.78 is 3.76. The number of hydrogen-bond acceptors (Lipinski definition) is 1. The van der Waals surface area contributed by atoms with Gasteiger partial charge in [0.2, 0.25) is 0 Å². The van der Waals surface area contributed by atoms with Gasteiger partial charge in [-0.05, 0) is 0 Å². The van der Waals surface area contributed by atoms with Crippen molar-refractivity contribution in [2.24, 2.45) is 0 Å². The highest BCUT2D eigenvalue weighted by Crippen LogP contribution is 1.87. The SMILES string of the molecule is c1npc[nH]1. The fraction of sp³-hybridized carbons (Fsp3) is 0. The second-order valence-corrected chi connectivity index (χ2v) is 1.38. The topological polar surface area (TPSA) is 28.7 Å². The van der Waals surface area contributed by atoms with E-state index in [1.807, 2.05) is 5.93 Å². The summed E-state index contributed by atoms with van der Waals surface area (Å²) in [4.78, 5) is 2.79. The zero-order valence-corrected chi connectivity index (χ0v) is 3.44. The Morgan fingerprint density at radius 2 is 2.80 bits per heavy atom. The molecule has 0 fully saturated rings. The van der Waals surface area contributed by atoms with Crippen molar-refractivity contribution in [3.63, 3.8) is 0 Å². The summed E-state index contributed by atoms with van der Waals surface area (Å²) in [5.74, 6) is 1.86. The van der Waals surface area contributed by atoms with Crippen LogP contribution in [0.3, 0.4) is 0 Å². The van der Waals surface area contributed by atoms with Gasteiger partial charge in [0.15, 0.2) is 0 Å². The Bertz CT molecular complexity index is 64.1. The molecule has 2 nitrogen and oxygen atoms in total. The molecule has 0 aliphatic heterocycles. The van der Waals surface area contributed by atoms with Crippen molar-refractivity contribution in [2.75, 3.05) is 0 Å². The van der Waals surface area contributed by atoms with E-state index in [0.29, 0.717) is 0 Å². The van der Waals surface area contributed by atoms with Crippen molar-refractivity contribution in [1.82, 2.24) is 9.73 Å². The molecule has 0 amide bonds. The summed E-state index contributed by atoms with van der Waals surface area (Å²) in [5, 5.41) is 0. The maximum absolute atomic E-state index is 3.76. The number of rotatable bonds is 0. The van der Waals surface area contributed by atoms with Gasteiger partial charge in [-0.2, -0.15) is 0 Å². The average Bonchev–Trinajstić information content (AvgIpc) is 1.76. The Hall–Kier alpha value is -0.360. The maximum Gasteiger partial charge on any atom is 0.0972 e. The average molecular weight is 86.0 g/mol. The van der Waals surface area contributed by atoms with Crippen molar-refractivity contribution >= 4 is 8.35 Å². The van der Waals surface area contributed by atoms with Crippen LogP contribution < -0.4 is 0 Å². The lowest BCUT2D eigenvalue weighted by atomic mass is 11.4. The first-order valence-corrected chi connectivity index (χ1v) is 2.21. The lowest BCUT2D eigenvalue weighted by molar-refractivity contribution is 1.33. The number of hydrogen-bond donors (Lipinski definition) is 1. The van der Waals surface area contributed by atoms with Crippen molar-refractivity contribution in [1.29, 1.82) is 0 Å². The molecule has 0 bridgehead atoms. The first-order chi connectivity index (χ1) is 2.50. The van der Waals surface area contributed by atoms with E-state index < -0.39 is 0 Å². The summed E-state index contributed by atoms with van der Waals surface area (Å²) in [6.07, 6.45) is 1.67. The van der Waals surface area contributed by atoms with Crippen molar-refractivity contribution in [2.45, 2.75) is 0 Å². The summed E-state index contributed by atoms with van der Waals surface area (Å²) >= 11 is 0. The van der Waals surface area contributed by atoms with E-state index in [1.54, 1.807) is 6.33 Å². The number of H-pyrrole nitrogens is 1. The molecule has 1 aromatic rings. The zero-order valence-electron chi connectivity index (χ0n) is 2.55. The van der Waals surface area contributed by atoms with E-state index >= 15 is 0 Å². The third-order valence-corrected chi connectivity index (χ3v) is 0.845. The van der Waals surface area contributed by atoms with Gasteiger partial charge in [-0.1, -0.05) is 0 Å². The van der Waals surface area contributed by atoms with Crippen LogP contribution in [0.2, 0.25) is 0 Å². The van der Waals surface area contributed by atoms with E-state index in [1.165, 1.54) is 0 Å². The highest BCUT2D eigenvalue weighted by atomic mass is 31.0. The quantitative estimate of drug-likeness (QED) is 0.501. The van der Waals surface area contributed by atoms with Crippen LogP contribution in [0.5, 0.6) is 0 Å². The van der Waals surface area contributed by atoms with Gasteiger partial charge in [0.25, 0.3) is 0 Å². The minimum atomic E-state index is 1.02. The molecule has 0 aliphatic carbocycles. The minimum absolute atomic E-state index is 1.02. The highest BCUT2D eigenvalue weighted by Gasteiger charge is 1.57. The van der Waals surface area contributed by atoms with Crippen LogP contribution in [-0.2, 0) is 0 Å². The third kappa shape index (κ3) is 0.455. The van der Waals surface area contributed by atoms with Crippen LogP contribution in [0.15, 0.2) is 12.3 Å². The van der Waals surface area contributed by atoms with Gasteiger partial charge in [-0.3, -0.25) is 0 Å². The van der Waals surface area contributed by atoms with Crippen LogP contribution in [-0.4, -0.2) is 9.73 Å². The lowest BCUT2D eigenvalue weighted by Gasteiger charge is -1.45. The number of nitrogens with zero attached hydrogens (tertiary/aromatic N) is 1. The summed E-state index contributed by atoms with van der Waals surface area (Å²) in [6, 6.07) is 0. The Balaban J connectivity index is 3.13. The Morgan fingerprint density at radius 1 is 1.80 bits per heavy atom. The number of aromatic amines is 1. The molecule has 0 radical (unpaired) electrons. The fourth-order valence-corrected chi connectivity index (χ4v) is 0.500. The summed E-state index contributed by atoms with van der Waals surface area (Å²) in [6.45, 7) is 0. The second kappa shape index (κ2) is 1.18. The molecule has 0 saturated heterocycles. The zero-order chi connectivity index (χ0) is 3.54. The molecule has 0 spiro atoms. The molecule has 3 heteroatoms.